The van der Waals surface area contributed by atoms with Gasteiger partial charge in [0.1, 0.15) is 6.54 Å². The summed E-state index contributed by atoms with van der Waals surface area (Å²) in [5, 5.41) is 7.93. The molecule has 1 aliphatic rings. The fourth-order valence-corrected chi connectivity index (χ4v) is 3.23. The molecule has 1 heterocycles. The summed E-state index contributed by atoms with van der Waals surface area (Å²) in [4.78, 5) is 10.5. The average molecular weight is 447 g/mol. The van der Waals surface area contributed by atoms with Crippen LogP contribution in [0.15, 0.2) is 28.2 Å². The van der Waals surface area contributed by atoms with Crippen LogP contribution < -0.4 is 26.4 Å². The maximum Gasteiger partial charge on any atom is 0.405 e. The van der Waals surface area contributed by atoms with Crippen molar-refractivity contribution in [3.05, 3.63) is 24.0 Å². The molecule has 174 valence electrons. The van der Waals surface area contributed by atoms with Gasteiger partial charge in [0.05, 0.1) is 13.8 Å². The number of methoxy groups -OCH3 is 1. The van der Waals surface area contributed by atoms with Crippen LogP contribution in [-0.4, -0.2) is 69.0 Å². The zero-order chi connectivity index (χ0) is 22.9. The highest BCUT2D eigenvalue weighted by Gasteiger charge is 2.27. The van der Waals surface area contributed by atoms with Crippen molar-refractivity contribution in [3.63, 3.8) is 0 Å². The van der Waals surface area contributed by atoms with Crippen LogP contribution in [0.3, 0.4) is 0 Å². The van der Waals surface area contributed by atoms with Crippen LogP contribution in [0.1, 0.15) is 19.8 Å². The van der Waals surface area contributed by atoms with Crippen LogP contribution in [-0.2, 0) is 0 Å². The predicted molar refractivity (Wildman–Crippen MR) is 113 cm³/mol. The van der Waals surface area contributed by atoms with Gasteiger partial charge in [-0.2, -0.15) is 18.2 Å². The number of halogens is 4. The Morgan fingerprint density at radius 1 is 1.35 bits per heavy atom. The molecular formula is C19H29F4N7O. The maximum atomic E-state index is 13.9. The lowest BCUT2D eigenvalue weighted by atomic mass is 10.2. The number of nitrogens with one attached hydrogen (secondary N) is 3. The predicted octanol–water partition coefficient (Wildman–Crippen LogP) is 2.10. The van der Waals surface area contributed by atoms with E-state index in [1.807, 2.05) is 5.32 Å². The molecule has 1 aliphatic heterocycles. The van der Waals surface area contributed by atoms with Crippen molar-refractivity contribution in [1.82, 2.24) is 15.5 Å². The molecule has 0 saturated carbocycles. The lowest BCUT2D eigenvalue weighted by Gasteiger charge is -2.22. The summed E-state index contributed by atoms with van der Waals surface area (Å²) in [5.41, 5.74) is 5.84. The molecule has 2 rings (SSSR count). The van der Waals surface area contributed by atoms with Crippen LogP contribution in [0.2, 0.25) is 0 Å². The number of hydrogen-bond donors (Lipinski definition) is 4. The number of benzene rings is 1. The second-order valence-corrected chi connectivity index (χ2v) is 6.96. The quantitative estimate of drug-likeness (QED) is 0.211. The first-order valence-electron chi connectivity index (χ1n) is 9.96. The second kappa shape index (κ2) is 11.7. The Morgan fingerprint density at radius 2 is 2.13 bits per heavy atom. The van der Waals surface area contributed by atoms with E-state index in [0.717, 1.165) is 32.0 Å². The Hall–Kier alpha value is -2.60. The number of aliphatic imine (C=N–C) groups is 2. The van der Waals surface area contributed by atoms with E-state index in [0.29, 0.717) is 12.6 Å². The van der Waals surface area contributed by atoms with E-state index in [1.54, 1.807) is 0 Å². The Labute approximate surface area is 178 Å². The summed E-state index contributed by atoms with van der Waals surface area (Å²) in [6.07, 6.45) is -2.21. The molecule has 1 atom stereocenters. The molecular weight excluding hydrogens is 418 g/mol. The van der Waals surface area contributed by atoms with Gasteiger partial charge in [0.2, 0.25) is 5.96 Å². The number of hydrogen-bond acceptors (Lipinski definition) is 4. The standard InChI is InChI=1S/C19H29F4N7O/c1-3-30-8-4-5-14(30)10-25-12-27-18(29-17(24)26-11-19(21,22)23)28-13-6-7-16(31-2)15(20)9-13/h6-7,9,14,25H,3-5,8,10-12H2,1-2H3,(H4,24,26,27,28,29). The highest BCUT2D eigenvalue weighted by Crippen LogP contribution is 2.21. The third-order valence-corrected chi connectivity index (χ3v) is 4.73. The van der Waals surface area contributed by atoms with Crippen LogP contribution in [0, 0.1) is 5.82 Å². The summed E-state index contributed by atoms with van der Waals surface area (Å²) in [7, 11) is 1.34. The number of nitrogens with zero attached hydrogens (tertiary/aromatic N) is 3. The molecule has 31 heavy (non-hydrogen) atoms. The lowest BCUT2D eigenvalue weighted by Crippen LogP contribution is -2.40. The molecule has 1 aromatic carbocycles. The van der Waals surface area contributed by atoms with Crippen LogP contribution in [0.25, 0.3) is 0 Å². The topological polar surface area (TPSA) is 99.3 Å². The number of ether oxygens (including phenoxy) is 1. The van der Waals surface area contributed by atoms with E-state index >= 15 is 0 Å². The number of likely N-dealkylation sites (N-methyl/N-ethyl adjacent to an activating group) is 1. The van der Waals surface area contributed by atoms with Crippen molar-refractivity contribution in [2.75, 3.05) is 45.3 Å². The Bertz CT molecular complexity index is 770. The van der Waals surface area contributed by atoms with Crippen LogP contribution in [0.4, 0.5) is 23.2 Å². The number of nitrogens with two attached hydrogens (primary N) is 1. The fourth-order valence-electron chi connectivity index (χ4n) is 3.23. The third kappa shape index (κ3) is 8.58. The minimum absolute atomic E-state index is 0.0533. The van der Waals surface area contributed by atoms with Crippen LogP contribution >= 0.6 is 0 Å². The average Bonchev–Trinajstić information content (AvgIpc) is 3.17. The van der Waals surface area contributed by atoms with E-state index in [-0.39, 0.29) is 24.1 Å². The minimum Gasteiger partial charge on any atom is -0.494 e. The summed E-state index contributed by atoms with van der Waals surface area (Å²) in [5.74, 6) is -1.09. The molecule has 0 aliphatic carbocycles. The molecule has 0 aromatic heterocycles. The molecule has 0 amide bonds. The molecule has 0 bridgehead atoms. The maximum absolute atomic E-state index is 13.9. The van der Waals surface area contributed by atoms with E-state index in [2.05, 4.69) is 32.4 Å². The first-order valence-corrected chi connectivity index (χ1v) is 9.96. The minimum atomic E-state index is -4.45. The number of likely N-dealkylation sites (tertiary alicyclic amines) is 1. The number of anilines is 1. The fraction of sp³-hybridized carbons (Fsp3) is 0.579. The van der Waals surface area contributed by atoms with Crippen molar-refractivity contribution >= 4 is 17.6 Å². The highest BCUT2D eigenvalue weighted by atomic mass is 19.4. The molecule has 0 spiro atoms. The molecule has 5 N–H and O–H groups in total. The number of guanidine groups is 2. The third-order valence-electron chi connectivity index (χ3n) is 4.73. The van der Waals surface area contributed by atoms with E-state index in [9.17, 15) is 17.6 Å². The van der Waals surface area contributed by atoms with Gasteiger partial charge in [0.15, 0.2) is 17.5 Å². The summed E-state index contributed by atoms with van der Waals surface area (Å²) >= 11 is 0. The molecule has 12 heteroatoms. The zero-order valence-corrected chi connectivity index (χ0v) is 17.6. The Balaban J connectivity index is 2.05. The van der Waals surface area contributed by atoms with Crippen molar-refractivity contribution < 1.29 is 22.3 Å². The first-order chi connectivity index (χ1) is 14.7. The van der Waals surface area contributed by atoms with Gasteiger partial charge in [-0.3, -0.25) is 10.2 Å². The molecule has 1 fully saturated rings. The molecule has 1 saturated heterocycles. The van der Waals surface area contributed by atoms with E-state index in [4.69, 9.17) is 10.5 Å². The van der Waals surface area contributed by atoms with Gasteiger partial charge in [-0.05, 0) is 38.1 Å². The summed E-state index contributed by atoms with van der Waals surface area (Å²) < 4.78 is 56.0. The largest absolute Gasteiger partial charge is 0.494 e. The SMILES string of the molecule is CCN1CCCC1CNC/N=C(\N=C(/N)NCC(F)(F)F)Nc1ccc(OC)c(F)c1. The van der Waals surface area contributed by atoms with Crippen LogP contribution in [0.5, 0.6) is 5.75 Å². The van der Waals surface area contributed by atoms with E-state index < -0.39 is 24.5 Å². The van der Waals surface area contributed by atoms with E-state index in [1.165, 1.54) is 19.2 Å². The van der Waals surface area contributed by atoms with Crippen molar-refractivity contribution in [3.8, 4) is 5.75 Å². The van der Waals surface area contributed by atoms with Gasteiger partial charge in [0.25, 0.3) is 0 Å². The van der Waals surface area contributed by atoms with Gasteiger partial charge >= 0.3 is 6.18 Å². The molecule has 0 radical (unpaired) electrons. The Morgan fingerprint density at radius 3 is 2.77 bits per heavy atom. The number of alkyl halides is 3. The summed E-state index contributed by atoms with van der Waals surface area (Å²) in [6.45, 7) is 3.68. The van der Waals surface area contributed by atoms with Gasteiger partial charge in [-0.25, -0.2) is 9.38 Å². The smallest absolute Gasteiger partial charge is 0.405 e. The van der Waals surface area contributed by atoms with Gasteiger partial charge < -0.3 is 21.1 Å². The zero-order valence-electron chi connectivity index (χ0n) is 17.6. The van der Waals surface area contributed by atoms with Gasteiger partial charge in [-0.1, -0.05) is 6.92 Å². The lowest BCUT2D eigenvalue weighted by molar-refractivity contribution is -0.122. The van der Waals surface area contributed by atoms with Crippen molar-refractivity contribution in [2.45, 2.75) is 32.0 Å². The highest BCUT2D eigenvalue weighted by molar-refractivity contribution is 6.01. The number of rotatable bonds is 8. The van der Waals surface area contributed by atoms with Gasteiger partial charge in [0, 0.05) is 24.3 Å². The molecule has 1 aromatic rings. The monoisotopic (exact) mass is 447 g/mol. The Kier molecular flexibility index (Phi) is 9.31. The molecule has 8 nitrogen and oxygen atoms in total. The van der Waals surface area contributed by atoms with Crippen molar-refractivity contribution in [2.24, 2.45) is 15.7 Å². The molecule has 1 unspecified atom stereocenters. The first kappa shape index (κ1) is 24.7. The summed E-state index contributed by atoms with van der Waals surface area (Å²) in [6, 6.07) is 4.50. The second-order valence-electron chi connectivity index (χ2n) is 6.96. The van der Waals surface area contributed by atoms with Gasteiger partial charge in [-0.15, -0.1) is 0 Å². The normalized spacial score (nSPS) is 18.3. The van der Waals surface area contributed by atoms with Crippen molar-refractivity contribution in [1.29, 1.82) is 0 Å².